The number of morpholine rings is 1. The van der Waals surface area contributed by atoms with Crippen LogP contribution in [-0.4, -0.2) is 47.8 Å². The van der Waals surface area contributed by atoms with Crippen LogP contribution in [0.15, 0.2) is 16.8 Å². The maximum Gasteiger partial charge on any atom is 0.318 e. The van der Waals surface area contributed by atoms with Gasteiger partial charge in [0.2, 0.25) is 0 Å². The summed E-state index contributed by atoms with van der Waals surface area (Å²) >= 11 is 1.59. The summed E-state index contributed by atoms with van der Waals surface area (Å²) in [6.45, 7) is 3.10. The van der Waals surface area contributed by atoms with Crippen LogP contribution >= 0.6 is 11.3 Å². The first-order chi connectivity index (χ1) is 9.56. The van der Waals surface area contributed by atoms with Gasteiger partial charge >= 0.3 is 12.0 Å². The second-order valence-corrected chi connectivity index (χ2v) is 5.54. The minimum Gasteiger partial charge on any atom is -0.481 e. The summed E-state index contributed by atoms with van der Waals surface area (Å²) in [5.41, 5.74) is 1.07. The fourth-order valence-corrected chi connectivity index (χ4v) is 2.86. The van der Waals surface area contributed by atoms with Crippen molar-refractivity contribution in [3.63, 3.8) is 0 Å². The summed E-state index contributed by atoms with van der Waals surface area (Å²) in [5, 5.41) is 15.6. The summed E-state index contributed by atoms with van der Waals surface area (Å²) in [4.78, 5) is 24.4. The van der Waals surface area contributed by atoms with Crippen molar-refractivity contribution in [2.75, 3.05) is 19.7 Å². The average molecular weight is 298 g/mol. The summed E-state index contributed by atoms with van der Waals surface area (Å²) in [6, 6.07) is 1.74. The number of hydrogen-bond acceptors (Lipinski definition) is 4. The quantitative estimate of drug-likeness (QED) is 0.886. The molecule has 1 aromatic rings. The van der Waals surface area contributed by atoms with Crippen molar-refractivity contribution in [3.8, 4) is 0 Å². The first-order valence-corrected chi connectivity index (χ1v) is 7.41. The first kappa shape index (κ1) is 14.8. The molecular formula is C13H18N2O4S. The van der Waals surface area contributed by atoms with E-state index in [1.165, 1.54) is 0 Å². The number of hydrogen-bond donors (Lipinski definition) is 2. The van der Waals surface area contributed by atoms with Crippen molar-refractivity contribution < 1.29 is 19.4 Å². The zero-order chi connectivity index (χ0) is 14.5. The zero-order valence-electron chi connectivity index (χ0n) is 11.2. The van der Waals surface area contributed by atoms with Gasteiger partial charge in [0, 0.05) is 13.1 Å². The molecule has 2 unspecified atom stereocenters. The third-order valence-electron chi connectivity index (χ3n) is 3.21. The highest BCUT2D eigenvalue weighted by Crippen LogP contribution is 2.16. The number of carboxylic acids is 1. The number of ether oxygens (including phenoxy) is 1. The van der Waals surface area contributed by atoms with Crippen LogP contribution in [0.4, 0.5) is 4.79 Å². The zero-order valence-corrected chi connectivity index (χ0v) is 12.1. The van der Waals surface area contributed by atoms with Crippen LogP contribution in [-0.2, 0) is 9.53 Å². The van der Waals surface area contributed by atoms with Crippen LogP contribution in [0.25, 0.3) is 0 Å². The topological polar surface area (TPSA) is 78.9 Å². The molecule has 2 atom stereocenters. The van der Waals surface area contributed by atoms with Gasteiger partial charge in [-0.05, 0) is 29.3 Å². The van der Waals surface area contributed by atoms with Gasteiger partial charge < -0.3 is 20.1 Å². The van der Waals surface area contributed by atoms with Gasteiger partial charge in [-0.15, -0.1) is 0 Å². The fourth-order valence-electron chi connectivity index (χ4n) is 2.10. The molecule has 2 N–H and O–H groups in total. The lowest BCUT2D eigenvalue weighted by Gasteiger charge is -2.33. The molecular weight excluding hydrogens is 280 g/mol. The van der Waals surface area contributed by atoms with Crippen molar-refractivity contribution in [1.29, 1.82) is 0 Å². The highest BCUT2D eigenvalue weighted by atomic mass is 32.1. The third kappa shape index (κ3) is 3.94. The largest absolute Gasteiger partial charge is 0.481 e. The molecule has 7 heteroatoms. The van der Waals surface area contributed by atoms with E-state index in [9.17, 15) is 9.59 Å². The van der Waals surface area contributed by atoms with Crippen molar-refractivity contribution in [1.82, 2.24) is 10.2 Å². The van der Waals surface area contributed by atoms with Gasteiger partial charge in [0.15, 0.2) is 0 Å². The highest BCUT2D eigenvalue weighted by Gasteiger charge is 2.26. The Hall–Kier alpha value is -1.60. The minimum atomic E-state index is -0.913. The van der Waals surface area contributed by atoms with E-state index in [1.807, 2.05) is 23.8 Å². The Kier molecular flexibility index (Phi) is 4.97. The fraction of sp³-hybridized carbons (Fsp3) is 0.538. The van der Waals surface area contributed by atoms with Crippen molar-refractivity contribution >= 4 is 23.3 Å². The van der Waals surface area contributed by atoms with E-state index in [1.54, 1.807) is 16.2 Å². The molecule has 0 saturated carbocycles. The summed E-state index contributed by atoms with van der Waals surface area (Å²) < 4.78 is 5.35. The predicted molar refractivity (Wildman–Crippen MR) is 74.8 cm³/mol. The van der Waals surface area contributed by atoms with Crippen LogP contribution in [0.2, 0.25) is 0 Å². The van der Waals surface area contributed by atoms with E-state index in [-0.39, 0.29) is 18.5 Å². The number of carbonyl (C=O) groups excluding carboxylic acids is 1. The first-order valence-electron chi connectivity index (χ1n) is 6.47. The lowest BCUT2D eigenvalue weighted by molar-refractivity contribution is -0.141. The molecule has 0 aliphatic carbocycles. The number of carboxylic acid groups (broad SMARTS) is 1. The Bertz CT molecular complexity index is 463. The normalized spacial score (nSPS) is 20.4. The Morgan fingerprint density at radius 3 is 3.10 bits per heavy atom. The van der Waals surface area contributed by atoms with Gasteiger partial charge in [-0.1, -0.05) is 0 Å². The molecule has 110 valence electrons. The van der Waals surface area contributed by atoms with E-state index >= 15 is 0 Å². The van der Waals surface area contributed by atoms with Crippen molar-refractivity contribution in [2.45, 2.75) is 25.5 Å². The molecule has 1 saturated heterocycles. The van der Waals surface area contributed by atoms with Gasteiger partial charge in [0.1, 0.15) is 0 Å². The van der Waals surface area contributed by atoms with E-state index in [0.29, 0.717) is 19.7 Å². The molecule has 1 fully saturated rings. The van der Waals surface area contributed by atoms with Crippen LogP contribution in [0.1, 0.15) is 24.9 Å². The predicted octanol–water partition coefficient (Wildman–Crippen LogP) is 1.69. The molecule has 20 heavy (non-hydrogen) atoms. The molecule has 2 rings (SSSR count). The maximum atomic E-state index is 12.2. The lowest BCUT2D eigenvalue weighted by Crippen LogP contribution is -2.50. The van der Waals surface area contributed by atoms with Gasteiger partial charge in [0.25, 0.3) is 0 Å². The van der Waals surface area contributed by atoms with Gasteiger partial charge in [-0.3, -0.25) is 4.79 Å². The van der Waals surface area contributed by atoms with Crippen LogP contribution in [0.5, 0.6) is 0 Å². The molecule has 2 amide bonds. The smallest absolute Gasteiger partial charge is 0.318 e. The monoisotopic (exact) mass is 298 g/mol. The standard InChI is InChI=1S/C13H18N2O4S/c1-9(10-2-5-20-8-10)14-13(18)15-3-4-19-11(7-15)6-12(16)17/h2,5,8-9,11H,3-4,6-7H2,1H3,(H,14,18)(H,16,17). The van der Waals surface area contributed by atoms with Gasteiger partial charge in [0.05, 0.1) is 25.2 Å². The number of carbonyl (C=O) groups is 2. The van der Waals surface area contributed by atoms with Crippen LogP contribution in [0, 0.1) is 0 Å². The molecule has 6 nitrogen and oxygen atoms in total. The summed E-state index contributed by atoms with van der Waals surface area (Å²) in [5.74, 6) is -0.913. The molecule has 1 aliphatic heterocycles. The number of aliphatic carboxylic acids is 1. The van der Waals surface area contributed by atoms with Gasteiger partial charge in [-0.25, -0.2) is 4.79 Å². The van der Waals surface area contributed by atoms with Crippen molar-refractivity contribution in [2.24, 2.45) is 0 Å². The molecule has 0 aromatic carbocycles. The Morgan fingerprint density at radius 2 is 2.45 bits per heavy atom. The minimum absolute atomic E-state index is 0.0606. The summed E-state index contributed by atoms with van der Waals surface area (Å²) in [7, 11) is 0. The lowest BCUT2D eigenvalue weighted by atomic mass is 10.2. The number of nitrogens with zero attached hydrogens (tertiary/aromatic N) is 1. The maximum absolute atomic E-state index is 12.2. The van der Waals surface area contributed by atoms with Crippen molar-refractivity contribution in [3.05, 3.63) is 22.4 Å². The summed E-state index contributed by atoms with van der Waals surface area (Å²) in [6.07, 6.45) is -0.507. The van der Waals surface area contributed by atoms with E-state index < -0.39 is 12.1 Å². The number of rotatable bonds is 4. The number of thiophene rings is 1. The number of nitrogens with one attached hydrogen (secondary N) is 1. The van der Waals surface area contributed by atoms with E-state index in [0.717, 1.165) is 5.56 Å². The SMILES string of the molecule is CC(NC(=O)N1CCOC(CC(=O)O)C1)c1ccsc1. The van der Waals surface area contributed by atoms with E-state index in [4.69, 9.17) is 9.84 Å². The Balaban J connectivity index is 1.87. The molecule has 1 aliphatic rings. The number of urea groups is 1. The molecule has 0 bridgehead atoms. The second kappa shape index (κ2) is 6.71. The molecule has 0 spiro atoms. The second-order valence-electron chi connectivity index (χ2n) is 4.76. The molecule has 1 aromatic heterocycles. The third-order valence-corrected chi connectivity index (χ3v) is 3.91. The molecule has 0 radical (unpaired) electrons. The highest BCUT2D eigenvalue weighted by molar-refractivity contribution is 7.07. The van der Waals surface area contributed by atoms with Crippen LogP contribution in [0.3, 0.4) is 0 Å². The average Bonchev–Trinajstić information content (AvgIpc) is 2.92. The Morgan fingerprint density at radius 1 is 1.65 bits per heavy atom. The van der Waals surface area contributed by atoms with Crippen LogP contribution < -0.4 is 5.32 Å². The van der Waals surface area contributed by atoms with Gasteiger partial charge in [-0.2, -0.15) is 11.3 Å². The molecule has 2 heterocycles. The Labute approximate surface area is 121 Å². The van der Waals surface area contributed by atoms with E-state index in [2.05, 4.69) is 5.32 Å². The number of amides is 2.